The molecule has 5 nitrogen and oxygen atoms in total. The number of carboxylic acids is 1. The lowest BCUT2D eigenvalue weighted by molar-refractivity contribution is -0.143. The van der Waals surface area contributed by atoms with E-state index in [2.05, 4.69) is 33.0 Å². The number of piperidine rings is 1. The summed E-state index contributed by atoms with van der Waals surface area (Å²) in [5, 5.41) is 12.3. The highest BCUT2D eigenvalue weighted by atomic mass is 16.4. The predicted octanol–water partition coefficient (Wildman–Crippen LogP) is 2.32. The first kappa shape index (κ1) is 15.1. The molecule has 0 aromatic carbocycles. The van der Waals surface area contributed by atoms with Crippen LogP contribution in [0.15, 0.2) is 0 Å². The van der Waals surface area contributed by atoms with E-state index in [-0.39, 0.29) is 22.9 Å². The number of hydrogen-bond donors (Lipinski definition) is 2. The molecule has 2 N–H and O–H groups in total. The summed E-state index contributed by atoms with van der Waals surface area (Å²) in [6.45, 7) is 11.1. The van der Waals surface area contributed by atoms with Gasteiger partial charge in [0.1, 0.15) is 6.04 Å². The van der Waals surface area contributed by atoms with Crippen LogP contribution in [0, 0.1) is 16.7 Å². The topological polar surface area (TPSA) is 69.6 Å². The highest BCUT2D eigenvalue weighted by Crippen LogP contribution is 2.62. The van der Waals surface area contributed by atoms with Gasteiger partial charge in [-0.3, -0.25) is 0 Å². The van der Waals surface area contributed by atoms with Gasteiger partial charge >= 0.3 is 12.0 Å². The molecule has 1 saturated heterocycles. The molecular formula is C15H26N2O3. The third-order valence-electron chi connectivity index (χ3n) is 5.70. The first-order valence-electron chi connectivity index (χ1n) is 7.39. The quantitative estimate of drug-likeness (QED) is 0.816. The van der Waals surface area contributed by atoms with E-state index >= 15 is 0 Å². The third kappa shape index (κ3) is 2.27. The lowest BCUT2D eigenvalue weighted by Gasteiger charge is -2.36. The van der Waals surface area contributed by atoms with E-state index in [1.807, 2.05) is 6.92 Å². The van der Waals surface area contributed by atoms with Crippen molar-refractivity contribution in [3.8, 4) is 0 Å². The van der Waals surface area contributed by atoms with Crippen molar-refractivity contribution in [2.75, 3.05) is 6.54 Å². The van der Waals surface area contributed by atoms with Gasteiger partial charge in [-0.2, -0.15) is 0 Å². The molecule has 0 bridgehead atoms. The molecule has 5 heteroatoms. The molecule has 0 aromatic heterocycles. The van der Waals surface area contributed by atoms with Crippen LogP contribution in [0.3, 0.4) is 0 Å². The molecule has 2 unspecified atom stereocenters. The van der Waals surface area contributed by atoms with Crippen LogP contribution in [-0.4, -0.2) is 40.6 Å². The van der Waals surface area contributed by atoms with Crippen LogP contribution in [0.25, 0.3) is 0 Å². The van der Waals surface area contributed by atoms with Crippen molar-refractivity contribution in [3.63, 3.8) is 0 Å². The van der Waals surface area contributed by atoms with Crippen LogP contribution in [-0.2, 0) is 4.79 Å². The van der Waals surface area contributed by atoms with Crippen molar-refractivity contribution < 1.29 is 14.7 Å². The van der Waals surface area contributed by atoms with Crippen LogP contribution in [0.2, 0.25) is 0 Å². The molecular weight excluding hydrogens is 256 g/mol. The Morgan fingerprint density at radius 2 is 1.75 bits per heavy atom. The maximum Gasteiger partial charge on any atom is 0.326 e. The highest BCUT2D eigenvalue weighted by Gasteiger charge is 2.65. The Morgan fingerprint density at radius 3 is 2.20 bits per heavy atom. The fourth-order valence-corrected chi connectivity index (χ4v) is 3.38. The first-order chi connectivity index (χ1) is 9.09. The Balaban J connectivity index is 2.04. The molecule has 2 aliphatic rings. The molecule has 1 aliphatic heterocycles. The van der Waals surface area contributed by atoms with Crippen molar-refractivity contribution >= 4 is 12.0 Å². The van der Waals surface area contributed by atoms with Crippen molar-refractivity contribution in [2.24, 2.45) is 16.7 Å². The summed E-state index contributed by atoms with van der Waals surface area (Å²) < 4.78 is 0. The largest absolute Gasteiger partial charge is 0.480 e. The number of carbonyl (C=O) groups excluding carboxylic acids is 1. The molecule has 114 valence electrons. The van der Waals surface area contributed by atoms with Gasteiger partial charge in [-0.05, 0) is 29.6 Å². The molecule has 1 saturated carbocycles. The van der Waals surface area contributed by atoms with Gasteiger partial charge in [-0.1, -0.05) is 34.6 Å². The van der Waals surface area contributed by atoms with Gasteiger partial charge < -0.3 is 15.3 Å². The van der Waals surface area contributed by atoms with Crippen molar-refractivity contribution in [3.05, 3.63) is 0 Å². The smallest absolute Gasteiger partial charge is 0.326 e. The van der Waals surface area contributed by atoms with Gasteiger partial charge in [0.15, 0.2) is 0 Å². The Bertz CT molecular complexity index is 417. The Morgan fingerprint density at radius 1 is 1.20 bits per heavy atom. The maximum absolute atomic E-state index is 12.4. The Kier molecular flexibility index (Phi) is 3.51. The maximum atomic E-state index is 12.4. The molecule has 2 fully saturated rings. The summed E-state index contributed by atoms with van der Waals surface area (Å²) in [6, 6.07) is -0.812. The average Bonchev–Trinajstić information content (AvgIpc) is 2.71. The summed E-state index contributed by atoms with van der Waals surface area (Å²) in [6.07, 6.45) is 1.41. The Hall–Kier alpha value is -1.26. The Labute approximate surface area is 120 Å². The lowest BCUT2D eigenvalue weighted by Crippen LogP contribution is -2.54. The number of amides is 2. The molecule has 1 heterocycles. The van der Waals surface area contributed by atoms with E-state index in [1.165, 1.54) is 4.90 Å². The van der Waals surface area contributed by atoms with E-state index in [0.29, 0.717) is 18.9 Å². The number of rotatable bonds is 2. The van der Waals surface area contributed by atoms with Gasteiger partial charge in [0.2, 0.25) is 0 Å². The van der Waals surface area contributed by atoms with E-state index in [1.54, 1.807) is 0 Å². The summed E-state index contributed by atoms with van der Waals surface area (Å²) >= 11 is 0. The predicted molar refractivity (Wildman–Crippen MR) is 76.4 cm³/mol. The first-order valence-corrected chi connectivity index (χ1v) is 7.39. The summed E-state index contributed by atoms with van der Waals surface area (Å²) in [7, 11) is 0. The number of likely N-dealkylation sites (tertiary alicyclic amines) is 1. The molecule has 2 amide bonds. The lowest BCUT2D eigenvalue weighted by atomic mass is 9.93. The van der Waals surface area contributed by atoms with Crippen molar-refractivity contribution in [2.45, 2.75) is 59.5 Å². The third-order valence-corrected chi connectivity index (χ3v) is 5.70. The van der Waals surface area contributed by atoms with Gasteiger partial charge in [0.25, 0.3) is 0 Å². The number of carbonyl (C=O) groups is 2. The SMILES string of the molecule is CC1CCN(C(=O)NC2C(C)(C)C2(C)C)C(C(=O)O)C1. The second kappa shape index (κ2) is 4.64. The normalized spacial score (nSPS) is 31.8. The summed E-state index contributed by atoms with van der Waals surface area (Å²) in [4.78, 5) is 25.2. The van der Waals surface area contributed by atoms with Crippen molar-refractivity contribution in [1.82, 2.24) is 10.2 Å². The van der Waals surface area contributed by atoms with Crippen LogP contribution in [0.4, 0.5) is 4.79 Å². The van der Waals surface area contributed by atoms with Crippen molar-refractivity contribution in [1.29, 1.82) is 0 Å². The second-order valence-electron chi connectivity index (χ2n) is 7.50. The zero-order chi connectivity index (χ0) is 15.3. The monoisotopic (exact) mass is 282 g/mol. The van der Waals surface area contributed by atoms with E-state index in [4.69, 9.17) is 0 Å². The average molecular weight is 282 g/mol. The molecule has 0 radical (unpaired) electrons. The highest BCUT2D eigenvalue weighted by molar-refractivity contribution is 5.83. The zero-order valence-electron chi connectivity index (χ0n) is 13.1. The molecule has 20 heavy (non-hydrogen) atoms. The van der Waals surface area contributed by atoms with E-state index < -0.39 is 12.0 Å². The number of urea groups is 1. The molecule has 0 aromatic rings. The fraction of sp³-hybridized carbons (Fsp3) is 0.867. The minimum atomic E-state index is -0.902. The number of carboxylic acid groups (broad SMARTS) is 1. The van der Waals surface area contributed by atoms with Crippen LogP contribution >= 0.6 is 0 Å². The van der Waals surface area contributed by atoms with E-state index in [9.17, 15) is 14.7 Å². The van der Waals surface area contributed by atoms with Crippen LogP contribution in [0.5, 0.6) is 0 Å². The number of nitrogens with one attached hydrogen (secondary N) is 1. The second-order valence-corrected chi connectivity index (χ2v) is 7.50. The minimum Gasteiger partial charge on any atom is -0.480 e. The fourth-order valence-electron chi connectivity index (χ4n) is 3.38. The van der Waals surface area contributed by atoms with Gasteiger partial charge in [-0.25, -0.2) is 9.59 Å². The molecule has 1 aliphatic carbocycles. The number of hydrogen-bond acceptors (Lipinski definition) is 2. The molecule has 2 atom stereocenters. The number of aliphatic carboxylic acids is 1. The minimum absolute atomic E-state index is 0.0600. The molecule has 2 rings (SSSR count). The van der Waals surface area contributed by atoms with Gasteiger partial charge in [0, 0.05) is 12.6 Å². The van der Waals surface area contributed by atoms with Gasteiger partial charge in [0.05, 0.1) is 0 Å². The van der Waals surface area contributed by atoms with E-state index in [0.717, 1.165) is 6.42 Å². The standard InChI is InChI=1S/C15H26N2O3/c1-9-6-7-17(10(8-9)11(18)19)13(20)16-12-14(2,3)15(12,4)5/h9-10,12H,6-8H2,1-5H3,(H,16,20)(H,18,19). The molecule has 0 spiro atoms. The van der Waals surface area contributed by atoms with Crippen LogP contribution in [0.1, 0.15) is 47.5 Å². The zero-order valence-corrected chi connectivity index (χ0v) is 13.1. The number of nitrogens with zero attached hydrogens (tertiary/aromatic N) is 1. The van der Waals surface area contributed by atoms with Crippen LogP contribution < -0.4 is 5.32 Å². The summed E-state index contributed by atoms with van der Waals surface area (Å²) in [5.41, 5.74) is 0.120. The van der Waals surface area contributed by atoms with Gasteiger partial charge in [-0.15, -0.1) is 0 Å². The summed E-state index contributed by atoms with van der Waals surface area (Å²) in [5.74, 6) is -0.546.